The van der Waals surface area contributed by atoms with E-state index >= 15 is 0 Å². The van der Waals surface area contributed by atoms with E-state index < -0.39 is 0 Å². The number of amides is 1. The normalized spacial score (nSPS) is 18.3. The Morgan fingerprint density at radius 1 is 1.45 bits per heavy atom. The minimum atomic E-state index is 0. The summed E-state index contributed by atoms with van der Waals surface area (Å²) in [6.45, 7) is 4.68. The van der Waals surface area contributed by atoms with Crippen LogP contribution < -0.4 is 10.1 Å². The van der Waals surface area contributed by atoms with Gasteiger partial charge in [0.25, 0.3) is 0 Å². The van der Waals surface area contributed by atoms with Gasteiger partial charge in [0.2, 0.25) is 5.91 Å². The zero-order chi connectivity index (χ0) is 13.7. The monoisotopic (exact) mass is 298 g/mol. The number of methoxy groups -OCH3 is 1. The van der Waals surface area contributed by atoms with Crippen molar-refractivity contribution in [2.45, 2.75) is 25.8 Å². The fourth-order valence-electron chi connectivity index (χ4n) is 2.51. The largest absolute Gasteiger partial charge is 0.496 e. The Bertz CT molecular complexity index is 440. The number of aryl methyl sites for hydroxylation is 1. The van der Waals surface area contributed by atoms with E-state index in [2.05, 4.69) is 12.2 Å². The topological polar surface area (TPSA) is 41.6 Å². The maximum atomic E-state index is 12.2. The molecule has 1 heterocycles. The van der Waals surface area contributed by atoms with Crippen LogP contribution in [0.4, 0.5) is 0 Å². The van der Waals surface area contributed by atoms with E-state index in [-0.39, 0.29) is 18.3 Å². The molecule has 0 radical (unpaired) electrons. The molecule has 20 heavy (non-hydrogen) atoms. The highest BCUT2D eigenvalue weighted by Crippen LogP contribution is 2.19. The van der Waals surface area contributed by atoms with Crippen LogP contribution in [0.25, 0.3) is 0 Å². The molecule has 0 aromatic heterocycles. The second-order valence-corrected chi connectivity index (χ2v) is 4.95. The first-order valence-electron chi connectivity index (χ1n) is 6.84. The predicted octanol–water partition coefficient (Wildman–Crippen LogP) is 1.87. The summed E-state index contributed by atoms with van der Waals surface area (Å²) < 4.78 is 5.31. The summed E-state index contributed by atoms with van der Waals surface area (Å²) in [5, 5.41) is 3.30. The third kappa shape index (κ3) is 4.12. The number of ether oxygens (including phenoxy) is 1. The Balaban J connectivity index is 0.00000200. The van der Waals surface area contributed by atoms with Gasteiger partial charge in [-0.15, -0.1) is 12.4 Å². The molecule has 2 rings (SSSR count). The molecular weight excluding hydrogens is 276 g/mol. The van der Waals surface area contributed by atoms with Crippen LogP contribution in [0, 0.1) is 0 Å². The minimum Gasteiger partial charge on any atom is -0.496 e. The summed E-state index contributed by atoms with van der Waals surface area (Å²) in [5.74, 6) is 1.10. The van der Waals surface area contributed by atoms with Crippen molar-refractivity contribution in [3.63, 3.8) is 0 Å². The molecule has 0 saturated carbocycles. The van der Waals surface area contributed by atoms with Crippen LogP contribution in [0.15, 0.2) is 24.3 Å². The Morgan fingerprint density at radius 2 is 2.20 bits per heavy atom. The first kappa shape index (κ1) is 16.8. The lowest BCUT2D eigenvalue weighted by Gasteiger charge is -2.34. The highest BCUT2D eigenvalue weighted by Gasteiger charge is 2.22. The minimum absolute atomic E-state index is 0. The molecule has 1 aromatic carbocycles. The third-order valence-electron chi connectivity index (χ3n) is 3.62. The van der Waals surface area contributed by atoms with Crippen molar-refractivity contribution in [3.8, 4) is 5.75 Å². The molecule has 1 aliphatic heterocycles. The number of hydrogen-bond acceptors (Lipinski definition) is 3. The van der Waals surface area contributed by atoms with Crippen molar-refractivity contribution < 1.29 is 9.53 Å². The molecule has 0 aliphatic carbocycles. The summed E-state index contributed by atoms with van der Waals surface area (Å²) in [5.41, 5.74) is 1.10. The lowest BCUT2D eigenvalue weighted by Crippen LogP contribution is -2.52. The zero-order valence-electron chi connectivity index (χ0n) is 12.1. The SMILES string of the molecule is COc1ccccc1CCC(=O)N1CCNC[C@@H]1C.Cl. The molecule has 5 heteroatoms. The van der Waals surface area contributed by atoms with E-state index in [1.54, 1.807) is 7.11 Å². The molecule has 0 spiro atoms. The first-order valence-corrected chi connectivity index (χ1v) is 6.84. The number of hydrogen-bond donors (Lipinski definition) is 1. The van der Waals surface area contributed by atoms with Gasteiger partial charge in [0.1, 0.15) is 5.75 Å². The van der Waals surface area contributed by atoms with Gasteiger partial charge >= 0.3 is 0 Å². The molecule has 0 unspecified atom stereocenters. The van der Waals surface area contributed by atoms with E-state index in [1.165, 1.54) is 0 Å². The smallest absolute Gasteiger partial charge is 0.223 e. The van der Waals surface area contributed by atoms with Crippen molar-refractivity contribution in [2.24, 2.45) is 0 Å². The maximum Gasteiger partial charge on any atom is 0.223 e. The highest BCUT2D eigenvalue weighted by molar-refractivity contribution is 5.85. The molecule has 1 fully saturated rings. The molecule has 4 nitrogen and oxygen atoms in total. The highest BCUT2D eigenvalue weighted by atomic mass is 35.5. The van der Waals surface area contributed by atoms with Crippen LogP contribution in [0.1, 0.15) is 18.9 Å². The number of carbonyl (C=O) groups is 1. The van der Waals surface area contributed by atoms with Crippen molar-refractivity contribution in [1.29, 1.82) is 0 Å². The molecule has 1 N–H and O–H groups in total. The molecular formula is C15H23ClN2O2. The van der Waals surface area contributed by atoms with Gasteiger partial charge in [-0.05, 0) is 25.0 Å². The summed E-state index contributed by atoms with van der Waals surface area (Å²) in [6, 6.07) is 8.18. The van der Waals surface area contributed by atoms with E-state index in [0.717, 1.165) is 37.4 Å². The van der Waals surface area contributed by atoms with E-state index in [4.69, 9.17) is 4.74 Å². The van der Waals surface area contributed by atoms with Gasteiger partial charge in [-0.1, -0.05) is 18.2 Å². The lowest BCUT2D eigenvalue weighted by atomic mass is 10.1. The van der Waals surface area contributed by atoms with E-state index in [1.807, 2.05) is 29.2 Å². The van der Waals surface area contributed by atoms with Gasteiger partial charge in [-0.2, -0.15) is 0 Å². The first-order chi connectivity index (χ1) is 9.22. The summed E-state index contributed by atoms with van der Waals surface area (Å²) in [4.78, 5) is 14.2. The number of nitrogens with one attached hydrogen (secondary N) is 1. The van der Waals surface area contributed by atoms with Crippen LogP contribution in [0.5, 0.6) is 5.75 Å². The molecule has 1 aromatic rings. The number of para-hydroxylation sites is 1. The average molecular weight is 299 g/mol. The summed E-state index contributed by atoms with van der Waals surface area (Å²) in [6.07, 6.45) is 1.28. The van der Waals surface area contributed by atoms with Gasteiger partial charge in [-0.25, -0.2) is 0 Å². The molecule has 0 bridgehead atoms. The number of halogens is 1. The molecule has 112 valence electrons. The van der Waals surface area contributed by atoms with Gasteiger partial charge in [0, 0.05) is 32.1 Å². The predicted molar refractivity (Wildman–Crippen MR) is 82.6 cm³/mol. The standard InChI is InChI=1S/C15H22N2O2.ClH/c1-12-11-16-9-10-17(12)15(18)8-7-13-5-3-4-6-14(13)19-2;/h3-6,12,16H,7-11H2,1-2H3;1H/t12-;/m0./s1. The summed E-state index contributed by atoms with van der Waals surface area (Å²) in [7, 11) is 1.67. The zero-order valence-corrected chi connectivity index (χ0v) is 12.9. The Kier molecular flexibility index (Phi) is 6.82. The summed E-state index contributed by atoms with van der Waals surface area (Å²) >= 11 is 0. The van der Waals surface area contributed by atoms with Crippen molar-refractivity contribution >= 4 is 18.3 Å². The van der Waals surface area contributed by atoms with Crippen LogP contribution in [-0.4, -0.2) is 43.6 Å². The third-order valence-corrected chi connectivity index (χ3v) is 3.62. The maximum absolute atomic E-state index is 12.2. The van der Waals surface area contributed by atoms with E-state index in [9.17, 15) is 4.79 Å². The van der Waals surface area contributed by atoms with E-state index in [0.29, 0.717) is 12.5 Å². The number of carbonyl (C=O) groups excluding carboxylic acids is 1. The fourth-order valence-corrected chi connectivity index (χ4v) is 2.51. The Hall–Kier alpha value is -1.26. The number of piperazine rings is 1. The van der Waals surface area contributed by atoms with Gasteiger partial charge in [-0.3, -0.25) is 4.79 Å². The molecule has 1 amide bonds. The van der Waals surface area contributed by atoms with Gasteiger partial charge < -0.3 is 15.0 Å². The lowest BCUT2D eigenvalue weighted by molar-refractivity contribution is -0.133. The van der Waals surface area contributed by atoms with Crippen LogP contribution in [-0.2, 0) is 11.2 Å². The molecule has 1 aliphatic rings. The van der Waals surface area contributed by atoms with Crippen LogP contribution >= 0.6 is 12.4 Å². The Morgan fingerprint density at radius 3 is 2.90 bits per heavy atom. The van der Waals surface area contributed by atoms with Crippen LogP contribution in [0.3, 0.4) is 0 Å². The van der Waals surface area contributed by atoms with Crippen LogP contribution in [0.2, 0.25) is 0 Å². The van der Waals surface area contributed by atoms with Crippen molar-refractivity contribution in [2.75, 3.05) is 26.7 Å². The van der Waals surface area contributed by atoms with Crippen molar-refractivity contribution in [1.82, 2.24) is 10.2 Å². The van der Waals surface area contributed by atoms with Gasteiger partial charge in [0.05, 0.1) is 7.11 Å². The fraction of sp³-hybridized carbons (Fsp3) is 0.533. The van der Waals surface area contributed by atoms with Crippen molar-refractivity contribution in [3.05, 3.63) is 29.8 Å². The molecule has 1 saturated heterocycles. The quantitative estimate of drug-likeness (QED) is 0.923. The number of nitrogens with zero attached hydrogens (tertiary/aromatic N) is 1. The second kappa shape index (κ2) is 8.12. The number of benzene rings is 1. The average Bonchev–Trinajstić information content (AvgIpc) is 2.45. The molecule has 1 atom stereocenters. The Labute approximate surface area is 126 Å². The van der Waals surface area contributed by atoms with Gasteiger partial charge in [0.15, 0.2) is 0 Å². The number of rotatable bonds is 4. The second-order valence-electron chi connectivity index (χ2n) is 4.95.